The van der Waals surface area contributed by atoms with Crippen molar-refractivity contribution in [2.24, 2.45) is 11.5 Å². The third kappa shape index (κ3) is 2.97. The second-order valence-corrected chi connectivity index (χ2v) is 4.28. The van der Waals surface area contributed by atoms with Crippen LogP contribution in [0.2, 0.25) is 0 Å². The first-order valence-electron chi connectivity index (χ1n) is 5.57. The molecule has 0 heterocycles. The van der Waals surface area contributed by atoms with Crippen LogP contribution in [-0.2, 0) is 10.3 Å². The topological polar surface area (TPSA) is 61.3 Å². The van der Waals surface area contributed by atoms with Crippen LogP contribution < -0.4 is 11.5 Å². The predicted octanol–water partition coefficient (Wildman–Crippen LogP) is 2.16. The van der Waals surface area contributed by atoms with E-state index in [9.17, 15) is 13.2 Å². The lowest BCUT2D eigenvalue weighted by Gasteiger charge is -2.36. The molecule has 0 saturated carbocycles. The summed E-state index contributed by atoms with van der Waals surface area (Å²) in [4.78, 5) is 0. The van der Waals surface area contributed by atoms with Crippen LogP contribution in [0.3, 0.4) is 0 Å². The third-order valence-corrected chi connectivity index (χ3v) is 2.90. The number of alkyl halides is 3. The average molecular weight is 270 g/mol. The Kier molecular flexibility index (Phi) is 3.38. The molecule has 2 rings (SSSR count). The minimum atomic E-state index is -4.79. The number of hydrogen-bond donors (Lipinski definition) is 2. The summed E-state index contributed by atoms with van der Waals surface area (Å²) in [5.41, 5.74) is 10.9. The predicted molar refractivity (Wildman–Crippen MR) is 64.6 cm³/mol. The lowest BCUT2D eigenvalue weighted by atomic mass is 9.82. The van der Waals surface area contributed by atoms with Crippen LogP contribution in [0.5, 0.6) is 0 Å². The molecule has 102 valence electrons. The van der Waals surface area contributed by atoms with Gasteiger partial charge in [0.05, 0.1) is 5.54 Å². The maximum absolute atomic E-state index is 12.5. The van der Waals surface area contributed by atoms with Crippen LogP contribution in [0.25, 0.3) is 0 Å². The molecule has 0 amide bonds. The molecule has 0 saturated heterocycles. The lowest BCUT2D eigenvalue weighted by Crippen LogP contribution is -2.50. The number of nitrogens with two attached hydrogens (primary N) is 2. The molecule has 2 atom stereocenters. The van der Waals surface area contributed by atoms with E-state index in [0.717, 1.165) is 0 Å². The first kappa shape index (κ1) is 13.6. The Balaban J connectivity index is 2.39. The Hall–Kier alpha value is -1.79. The number of ether oxygens (including phenoxy) is 1. The molecule has 1 aliphatic rings. The maximum Gasteiger partial charge on any atom is 0.523 e. The Morgan fingerprint density at radius 3 is 2.37 bits per heavy atom. The summed E-state index contributed by atoms with van der Waals surface area (Å²) in [6.07, 6.45) is -2.12. The Morgan fingerprint density at radius 2 is 1.79 bits per heavy atom. The van der Waals surface area contributed by atoms with E-state index in [2.05, 4.69) is 4.74 Å². The van der Waals surface area contributed by atoms with Crippen molar-refractivity contribution in [2.75, 3.05) is 0 Å². The van der Waals surface area contributed by atoms with E-state index in [4.69, 9.17) is 11.5 Å². The summed E-state index contributed by atoms with van der Waals surface area (Å²) >= 11 is 0. The number of benzene rings is 1. The monoisotopic (exact) mass is 270 g/mol. The molecule has 0 aliphatic heterocycles. The quantitative estimate of drug-likeness (QED) is 0.865. The zero-order valence-corrected chi connectivity index (χ0v) is 9.89. The van der Waals surface area contributed by atoms with Gasteiger partial charge in [-0.15, -0.1) is 13.2 Å². The van der Waals surface area contributed by atoms with Gasteiger partial charge in [0.1, 0.15) is 6.10 Å². The molecule has 4 N–H and O–H groups in total. The molecule has 19 heavy (non-hydrogen) atoms. The van der Waals surface area contributed by atoms with Gasteiger partial charge in [0.2, 0.25) is 0 Å². The largest absolute Gasteiger partial charge is 0.523 e. The van der Waals surface area contributed by atoms with Gasteiger partial charge in [-0.1, -0.05) is 36.4 Å². The maximum atomic E-state index is 12.5. The van der Waals surface area contributed by atoms with Crippen molar-refractivity contribution >= 4 is 0 Å². The fourth-order valence-electron chi connectivity index (χ4n) is 1.96. The number of hydrogen-bond acceptors (Lipinski definition) is 3. The van der Waals surface area contributed by atoms with Crippen molar-refractivity contribution in [1.82, 2.24) is 0 Å². The molecule has 6 heteroatoms. The van der Waals surface area contributed by atoms with Gasteiger partial charge < -0.3 is 11.5 Å². The van der Waals surface area contributed by atoms with E-state index in [1.165, 1.54) is 18.2 Å². The first-order valence-corrected chi connectivity index (χ1v) is 5.57. The van der Waals surface area contributed by atoms with Gasteiger partial charge in [0, 0.05) is 5.70 Å². The van der Waals surface area contributed by atoms with Crippen molar-refractivity contribution in [2.45, 2.75) is 18.0 Å². The van der Waals surface area contributed by atoms with Gasteiger partial charge in [0.15, 0.2) is 0 Å². The van der Waals surface area contributed by atoms with Crippen LogP contribution >= 0.6 is 0 Å². The Labute approximate surface area is 108 Å². The molecular formula is C13H13F3N2O. The fraction of sp³-hybridized carbons (Fsp3) is 0.231. The molecule has 0 aromatic heterocycles. The second-order valence-electron chi connectivity index (χ2n) is 4.28. The number of allylic oxidation sites excluding steroid dienone is 1. The van der Waals surface area contributed by atoms with Crippen LogP contribution in [0.4, 0.5) is 13.2 Å². The smallest absolute Gasteiger partial charge is 0.399 e. The zero-order chi connectivity index (χ0) is 14.1. The van der Waals surface area contributed by atoms with Crippen molar-refractivity contribution in [3.05, 3.63) is 59.8 Å². The Bertz CT molecular complexity index is 510. The standard InChI is InChI=1S/C13H13F3N2O/c14-13(15,16)19-11-8-10(17)6-7-12(11,18)9-4-2-1-3-5-9/h1-8,11H,17-18H2. The Morgan fingerprint density at radius 1 is 1.16 bits per heavy atom. The van der Waals surface area contributed by atoms with Gasteiger partial charge in [0.25, 0.3) is 0 Å². The molecular weight excluding hydrogens is 257 g/mol. The van der Waals surface area contributed by atoms with Crippen LogP contribution in [-0.4, -0.2) is 12.5 Å². The molecule has 0 radical (unpaired) electrons. The summed E-state index contributed by atoms with van der Waals surface area (Å²) in [6.45, 7) is 0. The van der Waals surface area contributed by atoms with E-state index in [1.54, 1.807) is 30.3 Å². The van der Waals surface area contributed by atoms with E-state index in [-0.39, 0.29) is 5.70 Å². The van der Waals surface area contributed by atoms with Crippen molar-refractivity contribution in [3.63, 3.8) is 0 Å². The van der Waals surface area contributed by atoms with Gasteiger partial charge in [-0.2, -0.15) is 0 Å². The van der Waals surface area contributed by atoms with Gasteiger partial charge in [-0.3, -0.25) is 4.74 Å². The molecule has 3 nitrogen and oxygen atoms in total. The normalized spacial score (nSPS) is 27.2. The number of rotatable bonds is 2. The first-order chi connectivity index (χ1) is 8.81. The molecule has 0 spiro atoms. The third-order valence-electron chi connectivity index (χ3n) is 2.90. The van der Waals surface area contributed by atoms with Gasteiger partial charge in [-0.05, 0) is 17.7 Å². The molecule has 1 aromatic rings. The highest BCUT2D eigenvalue weighted by molar-refractivity contribution is 5.39. The van der Waals surface area contributed by atoms with E-state index in [1.807, 2.05) is 0 Å². The SMILES string of the molecule is NC1=CC(OC(F)(F)F)C(N)(c2ccccc2)C=C1. The molecule has 2 unspecified atom stereocenters. The summed E-state index contributed by atoms with van der Waals surface area (Å²) in [5.74, 6) is 0. The highest BCUT2D eigenvalue weighted by atomic mass is 19.4. The molecule has 1 aliphatic carbocycles. The number of halogens is 3. The summed E-state index contributed by atoms with van der Waals surface area (Å²) in [6, 6.07) is 8.44. The van der Waals surface area contributed by atoms with Crippen molar-refractivity contribution in [1.29, 1.82) is 0 Å². The van der Waals surface area contributed by atoms with Gasteiger partial charge >= 0.3 is 6.36 Å². The molecule has 0 bridgehead atoms. The highest BCUT2D eigenvalue weighted by Gasteiger charge is 2.43. The summed E-state index contributed by atoms with van der Waals surface area (Å²) < 4.78 is 41.4. The zero-order valence-electron chi connectivity index (χ0n) is 9.89. The van der Waals surface area contributed by atoms with E-state index in [0.29, 0.717) is 5.56 Å². The minimum Gasteiger partial charge on any atom is -0.399 e. The second kappa shape index (κ2) is 4.71. The van der Waals surface area contributed by atoms with Crippen LogP contribution in [0.1, 0.15) is 5.56 Å². The minimum absolute atomic E-state index is 0.186. The lowest BCUT2D eigenvalue weighted by molar-refractivity contribution is -0.341. The van der Waals surface area contributed by atoms with Crippen LogP contribution in [0.15, 0.2) is 54.3 Å². The molecule has 0 fully saturated rings. The van der Waals surface area contributed by atoms with E-state index >= 15 is 0 Å². The molecule has 1 aromatic carbocycles. The summed E-state index contributed by atoms with van der Waals surface area (Å²) in [7, 11) is 0. The van der Waals surface area contributed by atoms with E-state index < -0.39 is 18.0 Å². The van der Waals surface area contributed by atoms with Crippen molar-refractivity contribution in [3.8, 4) is 0 Å². The van der Waals surface area contributed by atoms with Gasteiger partial charge in [-0.25, -0.2) is 0 Å². The highest BCUT2D eigenvalue weighted by Crippen LogP contribution is 2.34. The fourth-order valence-corrected chi connectivity index (χ4v) is 1.96. The van der Waals surface area contributed by atoms with Crippen LogP contribution in [0, 0.1) is 0 Å². The average Bonchev–Trinajstić information content (AvgIpc) is 2.33. The van der Waals surface area contributed by atoms with Crippen molar-refractivity contribution < 1.29 is 17.9 Å². The summed E-state index contributed by atoms with van der Waals surface area (Å²) in [5, 5.41) is 0.